The van der Waals surface area contributed by atoms with Crippen molar-refractivity contribution in [1.29, 1.82) is 0 Å². The number of ether oxygens (including phenoxy) is 4. The summed E-state index contributed by atoms with van der Waals surface area (Å²) in [5.41, 5.74) is 1.87. The first-order valence-electron chi connectivity index (χ1n) is 10.5. The number of methoxy groups -OCH3 is 1. The van der Waals surface area contributed by atoms with Gasteiger partial charge in [0.15, 0.2) is 23.0 Å². The molecule has 3 aromatic carbocycles. The van der Waals surface area contributed by atoms with E-state index in [1.807, 2.05) is 30.3 Å². The second kappa shape index (κ2) is 9.71. The van der Waals surface area contributed by atoms with Crippen molar-refractivity contribution in [1.82, 2.24) is 9.66 Å². The minimum absolute atomic E-state index is 0.208. The third-order valence-corrected chi connectivity index (χ3v) is 6.32. The summed E-state index contributed by atoms with van der Waals surface area (Å²) in [5.74, 6) is 2.86. The van der Waals surface area contributed by atoms with Crippen LogP contribution in [0.1, 0.15) is 17.0 Å². The Morgan fingerprint density at radius 1 is 1.09 bits per heavy atom. The maximum atomic E-state index is 13.1. The predicted molar refractivity (Wildman–Crippen MR) is 139 cm³/mol. The van der Waals surface area contributed by atoms with Gasteiger partial charge in [0, 0.05) is 14.5 Å². The minimum atomic E-state index is -0.269. The van der Waals surface area contributed by atoms with Crippen LogP contribution in [-0.2, 0) is 6.61 Å². The zero-order chi connectivity index (χ0) is 24.5. The Hall–Kier alpha value is -3.37. The Bertz CT molecular complexity index is 1530. The molecule has 0 fully saturated rings. The van der Waals surface area contributed by atoms with Gasteiger partial charge in [0.25, 0.3) is 5.56 Å². The predicted octanol–water partition coefficient (Wildman–Crippen LogP) is 5.43. The summed E-state index contributed by atoms with van der Waals surface area (Å²) in [6.07, 6.45) is 1.56. The van der Waals surface area contributed by atoms with Crippen molar-refractivity contribution < 1.29 is 18.9 Å². The lowest BCUT2D eigenvalue weighted by molar-refractivity contribution is 0.174. The zero-order valence-corrected chi connectivity index (χ0v) is 21.9. The van der Waals surface area contributed by atoms with Gasteiger partial charge in [-0.05, 0) is 55.0 Å². The first kappa shape index (κ1) is 23.4. The van der Waals surface area contributed by atoms with E-state index in [4.69, 9.17) is 18.9 Å². The van der Waals surface area contributed by atoms with Gasteiger partial charge in [-0.25, -0.2) is 4.98 Å². The van der Waals surface area contributed by atoms with Gasteiger partial charge < -0.3 is 18.9 Å². The Morgan fingerprint density at radius 2 is 1.91 bits per heavy atom. The van der Waals surface area contributed by atoms with E-state index in [-0.39, 0.29) is 19.0 Å². The van der Waals surface area contributed by atoms with E-state index in [1.54, 1.807) is 38.4 Å². The highest BCUT2D eigenvalue weighted by Crippen LogP contribution is 2.36. The molecule has 0 bridgehead atoms. The van der Waals surface area contributed by atoms with Crippen LogP contribution in [0.3, 0.4) is 0 Å². The van der Waals surface area contributed by atoms with Gasteiger partial charge in [0.2, 0.25) is 6.79 Å². The number of hydrogen-bond acceptors (Lipinski definition) is 7. The van der Waals surface area contributed by atoms with Crippen LogP contribution in [0.2, 0.25) is 0 Å². The molecule has 2 heterocycles. The fourth-order valence-electron chi connectivity index (χ4n) is 3.69. The molecule has 1 aromatic heterocycles. The van der Waals surface area contributed by atoms with Gasteiger partial charge in [-0.1, -0.05) is 37.9 Å². The van der Waals surface area contributed by atoms with E-state index >= 15 is 0 Å². The highest BCUT2D eigenvalue weighted by atomic mass is 79.9. The van der Waals surface area contributed by atoms with Gasteiger partial charge >= 0.3 is 0 Å². The molecule has 0 aliphatic carbocycles. The molecule has 4 aromatic rings. The standard InChI is InChI=1S/C25H19Br2N3O5/c1-14-29-20-5-4-17(26)9-19(20)25(31)30(14)28-11-16-8-18(27)10-23(32-2)24(16)33-12-15-3-6-21-22(7-15)35-13-34-21/h3-11H,12-13H2,1-2H3. The van der Waals surface area contributed by atoms with Gasteiger partial charge in [-0.2, -0.15) is 9.78 Å². The third kappa shape index (κ3) is 4.76. The molecule has 0 atom stereocenters. The number of halogens is 2. The summed E-state index contributed by atoms with van der Waals surface area (Å²) in [6, 6.07) is 14.7. The first-order valence-corrected chi connectivity index (χ1v) is 12.1. The van der Waals surface area contributed by atoms with Gasteiger partial charge in [-0.15, -0.1) is 0 Å². The van der Waals surface area contributed by atoms with Crippen molar-refractivity contribution in [3.05, 3.63) is 84.8 Å². The molecule has 8 nitrogen and oxygen atoms in total. The topological polar surface area (TPSA) is 84.2 Å². The SMILES string of the molecule is COc1cc(Br)cc(C=Nn2c(C)nc3ccc(Br)cc3c2=O)c1OCc1ccc2c(c1)OCO2. The maximum absolute atomic E-state index is 13.1. The molecule has 0 unspecified atom stereocenters. The number of hydrogen-bond donors (Lipinski definition) is 0. The molecule has 5 rings (SSSR count). The average Bonchev–Trinajstić information content (AvgIpc) is 3.31. The quantitative estimate of drug-likeness (QED) is 0.275. The molecular formula is C25H19Br2N3O5. The lowest BCUT2D eigenvalue weighted by Gasteiger charge is -2.14. The number of aromatic nitrogens is 2. The molecular weight excluding hydrogens is 582 g/mol. The van der Waals surface area contributed by atoms with Crippen LogP contribution < -0.4 is 24.5 Å². The lowest BCUT2D eigenvalue weighted by Crippen LogP contribution is -2.20. The molecule has 0 radical (unpaired) electrons. The molecule has 10 heteroatoms. The third-order valence-electron chi connectivity index (χ3n) is 5.37. The molecule has 1 aliphatic heterocycles. The van der Waals surface area contributed by atoms with E-state index in [0.29, 0.717) is 45.3 Å². The monoisotopic (exact) mass is 599 g/mol. The summed E-state index contributed by atoms with van der Waals surface area (Å²) in [6.45, 7) is 2.21. The summed E-state index contributed by atoms with van der Waals surface area (Å²) in [7, 11) is 1.57. The summed E-state index contributed by atoms with van der Waals surface area (Å²) >= 11 is 6.91. The van der Waals surface area contributed by atoms with E-state index in [2.05, 4.69) is 41.9 Å². The Morgan fingerprint density at radius 3 is 2.74 bits per heavy atom. The van der Waals surface area contributed by atoms with Gasteiger partial charge in [-0.3, -0.25) is 4.79 Å². The highest BCUT2D eigenvalue weighted by Gasteiger charge is 2.16. The number of fused-ring (bicyclic) bond motifs is 2. The minimum Gasteiger partial charge on any atom is -0.493 e. The van der Waals surface area contributed by atoms with Crippen LogP contribution in [0.4, 0.5) is 0 Å². The van der Waals surface area contributed by atoms with Crippen LogP contribution in [0.25, 0.3) is 10.9 Å². The number of benzene rings is 3. The summed E-state index contributed by atoms with van der Waals surface area (Å²) in [5, 5.41) is 4.91. The van der Waals surface area contributed by atoms with E-state index in [0.717, 1.165) is 14.5 Å². The second-order valence-electron chi connectivity index (χ2n) is 7.68. The highest BCUT2D eigenvalue weighted by molar-refractivity contribution is 9.10. The van der Waals surface area contributed by atoms with Crippen LogP contribution in [0, 0.1) is 6.92 Å². The smallest absolute Gasteiger partial charge is 0.282 e. The van der Waals surface area contributed by atoms with E-state index < -0.39 is 0 Å². The van der Waals surface area contributed by atoms with Crippen molar-refractivity contribution in [2.75, 3.05) is 13.9 Å². The zero-order valence-electron chi connectivity index (χ0n) is 18.7. The Labute approximate surface area is 217 Å². The molecule has 0 saturated carbocycles. The van der Waals surface area contributed by atoms with Crippen LogP contribution in [-0.4, -0.2) is 29.8 Å². The molecule has 0 amide bonds. The van der Waals surface area contributed by atoms with Crippen LogP contribution in [0.15, 0.2) is 67.4 Å². The molecule has 1 aliphatic rings. The molecule has 0 saturated heterocycles. The molecule has 35 heavy (non-hydrogen) atoms. The normalized spacial score (nSPS) is 12.5. The Balaban J connectivity index is 1.50. The fourth-order valence-corrected chi connectivity index (χ4v) is 4.51. The van der Waals surface area contributed by atoms with Gasteiger partial charge in [0.1, 0.15) is 12.4 Å². The number of rotatable bonds is 6. The van der Waals surface area contributed by atoms with Crippen molar-refractivity contribution in [2.45, 2.75) is 13.5 Å². The largest absolute Gasteiger partial charge is 0.493 e. The molecule has 178 valence electrons. The van der Waals surface area contributed by atoms with Crippen molar-refractivity contribution in [3.63, 3.8) is 0 Å². The summed E-state index contributed by atoms with van der Waals surface area (Å²) in [4.78, 5) is 17.6. The van der Waals surface area contributed by atoms with Crippen LogP contribution in [0.5, 0.6) is 23.0 Å². The summed E-state index contributed by atoms with van der Waals surface area (Å²) < 4.78 is 25.4. The lowest BCUT2D eigenvalue weighted by atomic mass is 10.2. The fraction of sp³-hybridized carbons (Fsp3) is 0.160. The number of nitrogens with zero attached hydrogens (tertiary/aromatic N) is 3. The van der Waals surface area contributed by atoms with E-state index in [9.17, 15) is 4.79 Å². The molecule has 0 spiro atoms. The number of aryl methyl sites for hydroxylation is 1. The van der Waals surface area contributed by atoms with Gasteiger partial charge in [0.05, 0.1) is 24.2 Å². The van der Waals surface area contributed by atoms with Crippen molar-refractivity contribution in [3.8, 4) is 23.0 Å². The first-order chi connectivity index (χ1) is 16.9. The van der Waals surface area contributed by atoms with Crippen LogP contribution >= 0.6 is 31.9 Å². The second-order valence-corrected chi connectivity index (χ2v) is 9.52. The molecule has 0 N–H and O–H groups in total. The average molecular weight is 601 g/mol. The Kier molecular flexibility index (Phi) is 6.48. The van der Waals surface area contributed by atoms with Crippen molar-refractivity contribution >= 4 is 49.0 Å². The van der Waals surface area contributed by atoms with Crippen molar-refractivity contribution in [2.24, 2.45) is 5.10 Å². The van der Waals surface area contributed by atoms with E-state index in [1.165, 1.54) is 4.68 Å². The maximum Gasteiger partial charge on any atom is 0.282 e.